The molecule has 0 bridgehead atoms. The summed E-state index contributed by atoms with van der Waals surface area (Å²) in [7, 11) is -3.78. The van der Waals surface area contributed by atoms with E-state index in [1.54, 1.807) is 41.6 Å². The van der Waals surface area contributed by atoms with E-state index in [0.29, 0.717) is 36.7 Å². The van der Waals surface area contributed by atoms with Crippen molar-refractivity contribution in [2.45, 2.75) is 51.7 Å². The molecule has 9 heteroatoms. The first-order valence-electron chi connectivity index (χ1n) is 8.40. The van der Waals surface area contributed by atoms with Gasteiger partial charge in [-0.2, -0.15) is 5.10 Å². The molecule has 0 saturated carbocycles. The number of fused-ring (bicyclic) bond motifs is 1. The van der Waals surface area contributed by atoms with Crippen LogP contribution >= 0.6 is 0 Å². The highest BCUT2D eigenvalue weighted by Gasteiger charge is 2.26. The van der Waals surface area contributed by atoms with Gasteiger partial charge in [0.25, 0.3) is 16.4 Å². The van der Waals surface area contributed by atoms with E-state index < -0.39 is 16.4 Å². The van der Waals surface area contributed by atoms with Gasteiger partial charge in [0.1, 0.15) is 4.90 Å². The Labute approximate surface area is 151 Å². The van der Waals surface area contributed by atoms with Crippen molar-refractivity contribution in [1.82, 2.24) is 14.7 Å². The van der Waals surface area contributed by atoms with Crippen LogP contribution in [-0.2, 0) is 29.7 Å². The van der Waals surface area contributed by atoms with Gasteiger partial charge in [0, 0.05) is 25.3 Å². The number of anilines is 1. The third-order valence-corrected chi connectivity index (χ3v) is 6.16. The zero-order valence-corrected chi connectivity index (χ0v) is 15.8. The smallest absolute Gasteiger partial charge is 0.265 e. The van der Waals surface area contributed by atoms with Crippen LogP contribution in [0, 0.1) is 13.8 Å². The number of alkyl halides is 2. The number of aryl methyl sites for hydroxylation is 2. The lowest BCUT2D eigenvalue weighted by molar-refractivity contribution is 0.0873. The number of nitrogens with zero attached hydrogens (tertiary/aromatic N) is 3. The summed E-state index contributed by atoms with van der Waals surface area (Å²) in [5, 5.41) is 4.25. The topological polar surface area (TPSA) is 67.2 Å². The van der Waals surface area contributed by atoms with Gasteiger partial charge in [0.05, 0.1) is 17.9 Å². The molecule has 26 heavy (non-hydrogen) atoms. The van der Waals surface area contributed by atoms with Gasteiger partial charge in [-0.1, -0.05) is 6.07 Å². The average Bonchev–Trinajstić information content (AvgIpc) is 3.05. The number of halogens is 2. The lowest BCUT2D eigenvalue weighted by Crippen LogP contribution is -2.22. The summed E-state index contributed by atoms with van der Waals surface area (Å²) in [5.74, 6) is 0. The fourth-order valence-electron chi connectivity index (χ4n) is 3.44. The number of aromatic nitrogens is 2. The van der Waals surface area contributed by atoms with Crippen molar-refractivity contribution in [2.24, 2.45) is 0 Å². The monoisotopic (exact) mass is 384 g/mol. The van der Waals surface area contributed by atoms with E-state index in [1.165, 1.54) is 0 Å². The van der Waals surface area contributed by atoms with Crippen molar-refractivity contribution in [3.8, 4) is 0 Å². The first kappa shape index (κ1) is 18.8. The maximum Gasteiger partial charge on any atom is 0.265 e. The molecule has 1 N–H and O–H groups in total. The zero-order chi connectivity index (χ0) is 19.1. The minimum Gasteiger partial charge on any atom is -0.289 e. The molecule has 142 valence electrons. The van der Waals surface area contributed by atoms with Gasteiger partial charge in [-0.05, 0) is 44.0 Å². The molecule has 0 saturated heterocycles. The summed E-state index contributed by atoms with van der Waals surface area (Å²) in [6.07, 6.45) is -2.39. The second kappa shape index (κ2) is 6.96. The van der Waals surface area contributed by atoms with Crippen molar-refractivity contribution in [3.63, 3.8) is 0 Å². The average molecular weight is 384 g/mol. The molecule has 0 fully saturated rings. The van der Waals surface area contributed by atoms with Crippen LogP contribution in [0.25, 0.3) is 0 Å². The highest BCUT2D eigenvalue weighted by molar-refractivity contribution is 7.92. The summed E-state index contributed by atoms with van der Waals surface area (Å²) in [5.41, 5.74) is 3.26. The number of sulfonamides is 1. The first-order chi connectivity index (χ1) is 12.2. The first-order valence-corrected chi connectivity index (χ1v) is 9.88. The third kappa shape index (κ3) is 3.59. The Bertz CT molecular complexity index is 925. The minimum atomic E-state index is -3.78. The van der Waals surface area contributed by atoms with Crippen LogP contribution in [0.4, 0.5) is 14.5 Å². The Hall–Kier alpha value is -2.00. The standard InChI is InChI=1S/C17H22F2N4O2S/c1-4-23-12(3)17(11(2)20-23)26(24,25)21-15-6-5-13-8-22(10-16(18)19)9-14(13)7-15/h5-7,16,21H,4,8-10H2,1-3H3. The van der Waals surface area contributed by atoms with E-state index in [2.05, 4.69) is 9.82 Å². The Morgan fingerprint density at radius 3 is 2.54 bits per heavy atom. The van der Waals surface area contributed by atoms with E-state index in [1.807, 2.05) is 6.92 Å². The molecule has 1 aliphatic rings. The van der Waals surface area contributed by atoms with Crippen LogP contribution in [0.2, 0.25) is 0 Å². The third-order valence-electron chi connectivity index (χ3n) is 4.53. The Kier molecular flexibility index (Phi) is 5.03. The minimum absolute atomic E-state index is 0.180. The van der Waals surface area contributed by atoms with E-state index in [-0.39, 0.29) is 11.4 Å². The fraction of sp³-hybridized carbons (Fsp3) is 0.471. The summed E-state index contributed by atoms with van der Waals surface area (Å²) in [6.45, 7) is 6.43. The summed E-state index contributed by atoms with van der Waals surface area (Å²) in [6, 6.07) is 5.16. The molecule has 2 heterocycles. The van der Waals surface area contributed by atoms with Crippen molar-refractivity contribution >= 4 is 15.7 Å². The molecule has 1 aromatic heterocycles. The SMILES string of the molecule is CCn1nc(C)c(S(=O)(=O)Nc2ccc3c(c2)CN(CC(F)F)C3)c1C. The van der Waals surface area contributed by atoms with Crippen molar-refractivity contribution < 1.29 is 17.2 Å². The number of hydrogen-bond acceptors (Lipinski definition) is 4. The molecular formula is C17H22F2N4O2S. The summed E-state index contributed by atoms with van der Waals surface area (Å²) < 4.78 is 55.0. The summed E-state index contributed by atoms with van der Waals surface area (Å²) in [4.78, 5) is 1.83. The van der Waals surface area contributed by atoms with Crippen molar-refractivity contribution in [1.29, 1.82) is 0 Å². The molecule has 2 aromatic rings. The van der Waals surface area contributed by atoms with Crippen molar-refractivity contribution in [3.05, 3.63) is 40.7 Å². The van der Waals surface area contributed by atoms with Gasteiger partial charge < -0.3 is 0 Å². The highest BCUT2D eigenvalue weighted by Crippen LogP contribution is 2.28. The molecule has 0 radical (unpaired) electrons. The summed E-state index contributed by atoms with van der Waals surface area (Å²) >= 11 is 0. The van der Waals surface area contributed by atoms with Crippen LogP contribution in [-0.4, -0.2) is 36.1 Å². The van der Waals surface area contributed by atoms with Crippen molar-refractivity contribution in [2.75, 3.05) is 11.3 Å². The van der Waals surface area contributed by atoms with Crippen LogP contribution in [0.15, 0.2) is 23.1 Å². The largest absolute Gasteiger partial charge is 0.289 e. The Balaban J connectivity index is 1.84. The molecule has 3 rings (SSSR count). The molecule has 0 amide bonds. The quantitative estimate of drug-likeness (QED) is 0.832. The van der Waals surface area contributed by atoms with Gasteiger partial charge in [-0.15, -0.1) is 0 Å². The molecule has 6 nitrogen and oxygen atoms in total. The molecule has 0 spiro atoms. The number of nitrogens with one attached hydrogen (secondary N) is 1. The second-order valence-electron chi connectivity index (χ2n) is 6.47. The molecule has 0 aliphatic carbocycles. The van der Waals surface area contributed by atoms with E-state index in [0.717, 1.165) is 11.1 Å². The number of benzene rings is 1. The van der Waals surface area contributed by atoms with Gasteiger partial charge in [0.2, 0.25) is 0 Å². The Morgan fingerprint density at radius 2 is 1.92 bits per heavy atom. The maximum atomic E-state index is 12.8. The molecule has 1 aliphatic heterocycles. The number of rotatable bonds is 6. The van der Waals surface area contributed by atoms with E-state index in [4.69, 9.17) is 0 Å². The van der Waals surface area contributed by atoms with Gasteiger partial charge >= 0.3 is 0 Å². The zero-order valence-electron chi connectivity index (χ0n) is 15.0. The van der Waals surface area contributed by atoms with Gasteiger partial charge in [-0.3, -0.25) is 14.3 Å². The highest BCUT2D eigenvalue weighted by atomic mass is 32.2. The number of hydrogen-bond donors (Lipinski definition) is 1. The maximum absolute atomic E-state index is 12.8. The van der Waals surface area contributed by atoms with Gasteiger partial charge in [-0.25, -0.2) is 17.2 Å². The predicted molar refractivity (Wildman–Crippen MR) is 94.7 cm³/mol. The van der Waals surface area contributed by atoms with Gasteiger partial charge in [0.15, 0.2) is 0 Å². The second-order valence-corrected chi connectivity index (χ2v) is 8.08. The molecule has 0 atom stereocenters. The molecule has 1 aromatic carbocycles. The lowest BCUT2D eigenvalue weighted by atomic mass is 10.1. The Morgan fingerprint density at radius 1 is 1.23 bits per heavy atom. The van der Waals surface area contributed by atoms with Crippen LogP contribution in [0.5, 0.6) is 0 Å². The van der Waals surface area contributed by atoms with E-state index >= 15 is 0 Å². The fourth-order valence-corrected chi connectivity index (χ4v) is 4.90. The van der Waals surface area contributed by atoms with Crippen LogP contribution in [0.3, 0.4) is 0 Å². The molecule has 0 unspecified atom stereocenters. The normalized spacial score (nSPS) is 14.8. The van der Waals surface area contributed by atoms with E-state index in [9.17, 15) is 17.2 Å². The predicted octanol–water partition coefficient (Wildman–Crippen LogP) is 2.90. The van der Waals surface area contributed by atoms with Crippen LogP contribution in [0.1, 0.15) is 29.4 Å². The van der Waals surface area contributed by atoms with Crippen LogP contribution < -0.4 is 4.72 Å². The molecular weight excluding hydrogens is 362 g/mol. The lowest BCUT2D eigenvalue weighted by Gasteiger charge is -2.13.